The number of rotatable bonds is 21. The summed E-state index contributed by atoms with van der Waals surface area (Å²) < 4.78 is 5.45. The number of hydrogen-bond acceptors (Lipinski definition) is 8. The van der Waals surface area contributed by atoms with Gasteiger partial charge in [-0.2, -0.15) is 15.0 Å². The van der Waals surface area contributed by atoms with Crippen LogP contribution < -0.4 is 5.32 Å². The van der Waals surface area contributed by atoms with Crippen molar-refractivity contribution in [2.45, 2.75) is 108 Å². The van der Waals surface area contributed by atoms with Crippen molar-refractivity contribution in [2.75, 3.05) is 56.2 Å². The third-order valence-electron chi connectivity index (χ3n) is 6.12. The summed E-state index contributed by atoms with van der Waals surface area (Å²) in [6, 6.07) is 0. The fourth-order valence-corrected chi connectivity index (χ4v) is 5.69. The second kappa shape index (κ2) is 20.6. The number of aromatic nitrogens is 3. The van der Waals surface area contributed by atoms with Crippen molar-refractivity contribution in [3.8, 4) is 0 Å². The molecule has 0 aromatic carbocycles. The third-order valence-corrected chi connectivity index (χ3v) is 7.98. The first kappa shape index (κ1) is 29.7. The molecule has 0 radical (unpaired) electrons. The number of nitrogens with one attached hydrogen (secondary N) is 1. The highest BCUT2D eigenvalue weighted by atomic mass is 32.2. The van der Waals surface area contributed by atoms with E-state index in [1.165, 1.54) is 83.5 Å². The molecule has 1 aromatic heterocycles. The highest BCUT2D eigenvalue weighted by Crippen LogP contribution is 2.23. The van der Waals surface area contributed by atoms with Crippen molar-refractivity contribution in [3.63, 3.8) is 0 Å². The zero-order valence-electron chi connectivity index (χ0n) is 21.9. The van der Waals surface area contributed by atoms with E-state index in [0.717, 1.165) is 67.2 Å². The van der Waals surface area contributed by atoms with Gasteiger partial charge in [-0.1, -0.05) is 108 Å². The molecule has 0 atom stereocenters. The molecular formula is C26H49N5OS2. The Labute approximate surface area is 217 Å². The third kappa shape index (κ3) is 14.7. The fourth-order valence-electron chi connectivity index (χ4n) is 3.97. The van der Waals surface area contributed by atoms with Gasteiger partial charge >= 0.3 is 0 Å². The summed E-state index contributed by atoms with van der Waals surface area (Å²) in [5.74, 6) is 2.90. The van der Waals surface area contributed by atoms with Crippen molar-refractivity contribution in [1.82, 2.24) is 19.9 Å². The molecule has 1 N–H and O–H groups in total. The summed E-state index contributed by atoms with van der Waals surface area (Å²) in [4.78, 5) is 16.6. The van der Waals surface area contributed by atoms with Gasteiger partial charge in [-0.05, 0) is 12.8 Å². The average molecular weight is 512 g/mol. The van der Waals surface area contributed by atoms with Crippen LogP contribution in [0.3, 0.4) is 0 Å². The van der Waals surface area contributed by atoms with Gasteiger partial charge in [-0.15, -0.1) is 0 Å². The summed E-state index contributed by atoms with van der Waals surface area (Å²) in [5.41, 5.74) is 0. The highest BCUT2D eigenvalue weighted by Gasteiger charge is 2.11. The first-order valence-electron chi connectivity index (χ1n) is 13.9. The van der Waals surface area contributed by atoms with Gasteiger partial charge in [0.1, 0.15) is 0 Å². The van der Waals surface area contributed by atoms with Crippen molar-refractivity contribution in [2.24, 2.45) is 0 Å². The summed E-state index contributed by atoms with van der Waals surface area (Å²) in [7, 11) is 0. The number of ether oxygens (including phenoxy) is 1. The maximum absolute atomic E-state index is 5.45. The zero-order valence-corrected chi connectivity index (χ0v) is 23.5. The lowest BCUT2D eigenvalue weighted by atomic mass is 10.1. The van der Waals surface area contributed by atoms with Gasteiger partial charge in [0.15, 0.2) is 10.3 Å². The van der Waals surface area contributed by atoms with E-state index in [0.29, 0.717) is 0 Å². The van der Waals surface area contributed by atoms with Crippen LogP contribution in [0.25, 0.3) is 0 Å². The highest BCUT2D eigenvalue weighted by molar-refractivity contribution is 7.99. The summed E-state index contributed by atoms with van der Waals surface area (Å²) in [6.45, 7) is 10.1. The van der Waals surface area contributed by atoms with Crippen LogP contribution in [0.4, 0.5) is 5.95 Å². The lowest BCUT2D eigenvalue weighted by molar-refractivity contribution is 0.0398. The van der Waals surface area contributed by atoms with Gasteiger partial charge in [0, 0.05) is 37.7 Å². The molecule has 1 saturated heterocycles. The predicted octanol–water partition coefficient (Wildman–Crippen LogP) is 6.91. The summed E-state index contributed by atoms with van der Waals surface area (Å²) >= 11 is 3.57. The minimum absolute atomic E-state index is 0.730. The largest absolute Gasteiger partial charge is 0.379 e. The molecule has 34 heavy (non-hydrogen) atoms. The number of morpholine rings is 1. The molecular weight excluding hydrogens is 462 g/mol. The van der Waals surface area contributed by atoms with Crippen LogP contribution in [0, 0.1) is 0 Å². The van der Waals surface area contributed by atoms with E-state index in [2.05, 4.69) is 24.1 Å². The maximum Gasteiger partial charge on any atom is 0.227 e. The van der Waals surface area contributed by atoms with Gasteiger partial charge in [0.05, 0.1) is 13.2 Å². The Morgan fingerprint density at radius 3 is 1.76 bits per heavy atom. The molecule has 0 saturated carbocycles. The number of nitrogens with zero attached hydrogens (tertiary/aromatic N) is 4. The van der Waals surface area contributed by atoms with Gasteiger partial charge < -0.3 is 10.1 Å². The second-order valence-corrected chi connectivity index (χ2v) is 11.3. The Morgan fingerprint density at radius 2 is 1.21 bits per heavy atom. The standard InChI is InChI=1S/C26H49N5OS2/c1-3-5-7-9-10-11-12-13-15-23-34-26-29-24(27-16-17-31-18-20-32-21-19-31)28-25(30-26)33-22-14-8-6-4-2/h3-23H2,1-2H3,(H,27,28,29,30). The minimum atomic E-state index is 0.730. The number of hydrogen-bond donors (Lipinski definition) is 1. The number of anilines is 1. The van der Waals surface area contributed by atoms with Crippen molar-refractivity contribution >= 4 is 29.5 Å². The van der Waals surface area contributed by atoms with Crippen molar-refractivity contribution in [1.29, 1.82) is 0 Å². The van der Waals surface area contributed by atoms with Gasteiger partial charge in [0.25, 0.3) is 0 Å². The Kier molecular flexibility index (Phi) is 18.0. The first-order valence-corrected chi connectivity index (χ1v) is 15.8. The van der Waals surface area contributed by atoms with Crippen LogP contribution in [0.5, 0.6) is 0 Å². The maximum atomic E-state index is 5.45. The summed E-state index contributed by atoms with van der Waals surface area (Å²) in [5, 5.41) is 5.20. The van der Waals surface area contributed by atoms with Crippen LogP contribution in [0.1, 0.15) is 97.3 Å². The normalized spacial score (nSPS) is 14.5. The van der Waals surface area contributed by atoms with Crippen LogP contribution in [-0.4, -0.2) is 70.8 Å². The Balaban J connectivity index is 1.73. The quantitative estimate of drug-likeness (QED) is 0.141. The molecule has 0 aliphatic carbocycles. The molecule has 196 valence electrons. The molecule has 2 heterocycles. The molecule has 0 unspecified atom stereocenters. The molecule has 1 aliphatic heterocycles. The molecule has 8 heteroatoms. The van der Waals surface area contributed by atoms with Crippen LogP contribution in [0.2, 0.25) is 0 Å². The monoisotopic (exact) mass is 511 g/mol. The Hall–Kier alpha value is -0.570. The summed E-state index contributed by atoms with van der Waals surface area (Å²) in [6.07, 6.45) is 17.3. The lowest BCUT2D eigenvalue weighted by Gasteiger charge is -2.26. The van der Waals surface area contributed by atoms with E-state index in [9.17, 15) is 0 Å². The fraction of sp³-hybridized carbons (Fsp3) is 0.885. The van der Waals surface area contributed by atoms with E-state index < -0.39 is 0 Å². The lowest BCUT2D eigenvalue weighted by Crippen LogP contribution is -2.39. The molecule has 1 fully saturated rings. The van der Waals surface area contributed by atoms with Gasteiger partial charge in [-0.3, -0.25) is 4.90 Å². The zero-order chi connectivity index (χ0) is 24.1. The smallest absolute Gasteiger partial charge is 0.227 e. The number of thioether (sulfide) groups is 2. The molecule has 2 rings (SSSR count). The Morgan fingerprint density at radius 1 is 0.706 bits per heavy atom. The minimum Gasteiger partial charge on any atom is -0.379 e. The van der Waals surface area contributed by atoms with Gasteiger partial charge in [-0.25, -0.2) is 0 Å². The molecule has 1 aliphatic rings. The Bertz CT molecular complexity index is 617. The molecule has 0 spiro atoms. The first-order chi connectivity index (χ1) is 16.8. The molecule has 6 nitrogen and oxygen atoms in total. The van der Waals surface area contributed by atoms with E-state index in [1.54, 1.807) is 23.5 Å². The van der Waals surface area contributed by atoms with Crippen molar-refractivity contribution in [3.05, 3.63) is 0 Å². The second-order valence-electron chi connectivity index (χ2n) is 9.19. The molecule has 1 aromatic rings. The van der Waals surface area contributed by atoms with Crippen LogP contribution in [-0.2, 0) is 4.74 Å². The van der Waals surface area contributed by atoms with Crippen molar-refractivity contribution < 1.29 is 4.74 Å². The van der Waals surface area contributed by atoms with E-state index in [-0.39, 0.29) is 0 Å². The SMILES string of the molecule is CCCCCCCCCCCSc1nc(NCCN2CCOCC2)nc(SCCCCCC)n1. The predicted molar refractivity (Wildman–Crippen MR) is 148 cm³/mol. The van der Waals surface area contributed by atoms with E-state index in [4.69, 9.17) is 19.7 Å². The van der Waals surface area contributed by atoms with Crippen LogP contribution in [0.15, 0.2) is 10.3 Å². The average Bonchev–Trinajstić information content (AvgIpc) is 2.86. The number of unbranched alkanes of at least 4 members (excludes halogenated alkanes) is 11. The van der Waals surface area contributed by atoms with E-state index in [1.807, 2.05) is 0 Å². The molecule has 0 bridgehead atoms. The topological polar surface area (TPSA) is 63.2 Å². The van der Waals surface area contributed by atoms with Crippen LogP contribution >= 0.6 is 23.5 Å². The van der Waals surface area contributed by atoms with Gasteiger partial charge in [0.2, 0.25) is 5.95 Å². The van der Waals surface area contributed by atoms with E-state index >= 15 is 0 Å². The molecule has 0 amide bonds.